The van der Waals surface area contributed by atoms with Gasteiger partial charge in [0.15, 0.2) is 0 Å². The Hall–Kier alpha value is -1.40. The van der Waals surface area contributed by atoms with Crippen LogP contribution in [0.4, 0.5) is 5.69 Å². The van der Waals surface area contributed by atoms with E-state index in [1.54, 1.807) is 18.9 Å². The lowest BCUT2D eigenvalue weighted by Gasteiger charge is -2.10. The normalized spacial score (nSPS) is 12.3. The molecule has 0 radical (unpaired) electrons. The van der Waals surface area contributed by atoms with Gasteiger partial charge >= 0.3 is 0 Å². The van der Waals surface area contributed by atoms with Crippen LogP contribution in [-0.4, -0.2) is 31.6 Å². The van der Waals surface area contributed by atoms with E-state index in [-0.39, 0.29) is 5.91 Å². The average molecular weight is 324 g/mol. The number of rotatable bonds is 6. The van der Waals surface area contributed by atoms with Crippen LogP contribution in [0.2, 0.25) is 0 Å². The lowest BCUT2D eigenvalue weighted by atomic mass is 10.2. The number of benzene rings is 1. The monoisotopic (exact) mass is 324 g/mol. The molecule has 1 aromatic heterocycles. The number of fused-ring (bicyclic) bond motifs is 1. The average Bonchev–Trinajstić information content (AvgIpc) is 2.81. The van der Waals surface area contributed by atoms with Crippen molar-refractivity contribution >= 4 is 44.8 Å². The van der Waals surface area contributed by atoms with Crippen LogP contribution in [-0.2, 0) is 0 Å². The summed E-state index contributed by atoms with van der Waals surface area (Å²) in [6.07, 6.45) is 2.07. The number of nitrogens with two attached hydrogens (primary N) is 1. The second-order valence-corrected chi connectivity index (χ2v) is 6.94. The smallest absolute Gasteiger partial charge is 0.263 e. The van der Waals surface area contributed by atoms with Crippen molar-refractivity contribution < 1.29 is 9.53 Å². The Morgan fingerprint density at radius 3 is 2.95 bits per heavy atom. The fourth-order valence-corrected chi connectivity index (χ4v) is 3.84. The summed E-state index contributed by atoms with van der Waals surface area (Å²) < 4.78 is 6.17. The molecule has 2 rings (SSSR count). The van der Waals surface area contributed by atoms with Gasteiger partial charge in [-0.25, -0.2) is 0 Å². The van der Waals surface area contributed by atoms with Crippen molar-refractivity contribution in [1.29, 1.82) is 0 Å². The lowest BCUT2D eigenvalue weighted by molar-refractivity contribution is 0.0954. The van der Waals surface area contributed by atoms with Crippen LogP contribution in [0.1, 0.15) is 16.6 Å². The first-order valence-corrected chi connectivity index (χ1v) is 8.91. The van der Waals surface area contributed by atoms with E-state index in [0.717, 1.165) is 21.6 Å². The minimum absolute atomic E-state index is 0.0966. The van der Waals surface area contributed by atoms with E-state index in [1.807, 2.05) is 18.2 Å². The first-order valence-electron chi connectivity index (χ1n) is 6.70. The molecule has 0 aliphatic heterocycles. The van der Waals surface area contributed by atoms with E-state index < -0.39 is 0 Å². The molecule has 6 heteroatoms. The first kappa shape index (κ1) is 16.0. The molecule has 21 heavy (non-hydrogen) atoms. The zero-order valence-electron chi connectivity index (χ0n) is 12.4. The number of methoxy groups -OCH3 is 1. The third-order valence-electron chi connectivity index (χ3n) is 3.20. The van der Waals surface area contributed by atoms with Crippen LogP contribution < -0.4 is 15.8 Å². The number of carbonyl (C=O) groups is 1. The van der Waals surface area contributed by atoms with Gasteiger partial charge in [0.1, 0.15) is 10.6 Å². The first-order chi connectivity index (χ1) is 10.1. The van der Waals surface area contributed by atoms with Crippen molar-refractivity contribution in [3.05, 3.63) is 23.1 Å². The number of nitrogens with one attached hydrogen (secondary N) is 1. The number of nitrogen functional groups attached to an aromatic ring is 1. The molecule has 3 N–H and O–H groups in total. The van der Waals surface area contributed by atoms with Gasteiger partial charge in [-0.15, -0.1) is 11.3 Å². The quantitative estimate of drug-likeness (QED) is 0.856. The maximum Gasteiger partial charge on any atom is 0.263 e. The molecular weight excluding hydrogens is 304 g/mol. The fourth-order valence-electron chi connectivity index (χ4n) is 2.08. The van der Waals surface area contributed by atoms with Crippen LogP contribution in [0.25, 0.3) is 10.1 Å². The van der Waals surface area contributed by atoms with Crippen LogP contribution >= 0.6 is 23.1 Å². The van der Waals surface area contributed by atoms with E-state index in [2.05, 4.69) is 18.5 Å². The van der Waals surface area contributed by atoms with E-state index in [4.69, 9.17) is 10.5 Å². The van der Waals surface area contributed by atoms with E-state index in [0.29, 0.717) is 23.0 Å². The summed E-state index contributed by atoms with van der Waals surface area (Å²) in [7, 11) is 1.62. The molecule has 0 fully saturated rings. The highest BCUT2D eigenvalue weighted by Gasteiger charge is 2.17. The summed E-state index contributed by atoms with van der Waals surface area (Å²) in [6.45, 7) is 2.78. The molecular formula is C15H20N2O2S2. The Morgan fingerprint density at radius 1 is 1.52 bits per heavy atom. The van der Waals surface area contributed by atoms with Crippen LogP contribution in [0.15, 0.2) is 18.2 Å². The van der Waals surface area contributed by atoms with Gasteiger partial charge in [-0.05, 0) is 36.1 Å². The molecule has 0 bridgehead atoms. The lowest BCUT2D eigenvalue weighted by Crippen LogP contribution is -2.28. The van der Waals surface area contributed by atoms with Crippen molar-refractivity contribution in [3.63, 3.8) is 0 Å². The topological polar surface area (TPSA) is 64.3 Å². The number of carbonyl (C=O) groups excluding carboxylic acids is 1. The fraction of sp³-hybridized carbons (Fsp3) is 0.400. The van der Waals surface area contributed by atoms with Gasteiger partial charge in [-0.1, -0.05) is 6.92 Å². The maximum absolute atomic E-state index is 12.3. The zero-order valence-corrected chi connectivity index (χ0v) is 14.1. The summed E-state index contributed by atoms with van der Waals surface area (Å²) in [5, 5.41) is 3.87. The summed E-state index contributed by atoms with van der Waals surface area (Å²) >= 11 is 3.19. The van der Waals surface area contributed by atoms with E-state index >= 15 is 0 Å². The van der Waals surface area contributed by atoms with Crippen molar-refractivity contribution in [2.24, 2.45) is 5.92 Å². The van der Waals surface area contributed by atoms with E-state index in [9.17, 15) is 4.79 Å². The molecule has 1 heterocycles. The summed E-state index contributed by atoms with van der Waals surface area (Å²) in [6, 6.07) is 5.66. The van der Waals surface area contributed by atoms with Crippen LogP contribution in [0.3, 0.4) is 0 Å². The van der Waals surface area contributed by atoms with Crippen molar-refractivity contribution in [3.8, 4) is 5.75 Å². The Morgan fingerprint density at radius 2 is 2.29 bits per heavy atom. The van der Waals surface area contributed by atoms with Gasteiger partial charge < -0.3 is 15.8 Å². The molecule has 1 atom stereocenters. The number of thiophene rings is 1. The van der Waals surface area contributed by atoms with Gasteiger partial charge in [0.05, 0.1) is 12.8 Å². The van der Waals surface area contributed by atoms with Gasteiger partial charge in [0.2, 0.25) is 0 Å². The van der Waals surface area contributed by atoms with E-state index in [1.165, 1.54) is 11.3 Å². The van der Waals surface area contributed by atoms with Crippen LogP contribution in [0, 0.1) is 5.92 Å². The van der Waals surface area contributed by atoms with Gasteiger partial charge in [0, 0.05) is 16.6 Å². The van der Waals surface area contributed by atoms with Crippen molar-refractivity contribution in [1.82, 2.24) is 5.32 Å². The standard InChI is InChI=1S/C15H20N2O2S2/c1-9(8-20-3)7-17-15(18)14-13(16)11-5-4-10(19-2)6-12(11)21-14/h4-6,9H,7-8,16H2,1-3H3,(H,17,18). The van der Waals surface area contributed by atoms with Gasteiger partial charge in [0.25, 0.3) is 5.91 Å². The molecule has 1 aromatic carbocycles. The third kappa shape index (κ3) is 3.63. The Labute approximate surface area is 133 Å². The van der Waals surface area contributed by atoms with Gasteiger partial charge in [-0.3, -0.25) is 4.79 Å². The number of hydrogen-bond acceptors (Lipinski definition) is 5. The Bertz CT molecular complexity index is 640. The number of thioether (sulfide) groups is 1. The minimum atomic E-state index is -0.0966. The molecule has 0 aliphatic carbocycles. The molecule has 0 spiro atoms. The highest BCUT2D eigenvalue weighted by molar-refractivity contribution is 7.98. The molecule has 4 nitrogen and oxygen atoms in total. The molecule has 114 valence electrons. The van der Waals surface area contributed by atoms with Gasteiger partial charge in [-0.2, -0.15) is 11.8 Å². The molecule has 1 unspecified atom stereocenters. The Balaban J connectivity index is 2.17. The number of anilines is 1. The summed E-state index contributed by atoms with van der Waals surface area (Å²) in [5.41, 5.74) is 6.65. The summed E-state index contributed by atoms with van der Waals surface area (Å²) in [4.78, 5) is 12.9. The summed E-state index contributed by atoms with van der Waals surface area (Å²) in [5.74, 6) is 2.14. The Kier molecular flexibility index (Phi) is 5.36. The predicted molar refractivity (Wildman–Crippen MR) is 92.7 cm³/mol. The number of ether oxygens (including phenoxy) is 1. The molecule has 0 aliphatic rings. The highest BCUT2D eigenvalue weighted by atomic mass is 32.2. The number of amides is 1. The zero-order chi connectivity index (χ0) is 15.4. The maximum atomic E-state index is 12.3. The largest absolute Gasteiger partial charge is 0.497 e. The second kappa shape index (κ2) is 7.04. The van der Waals surface area contributed by atoms with Crippen LogP contribution in [0.5, 0.6) is 5.75 Å². The molecule has 0 saturated carbocycles. The molecule has 0 saturated heterocycles. The predicted octanol–water partition coefficient (Wildman–Crippen LogP) is 3.22. The highest BCUT2D eigenvalue weighted by Crippen LogP contribution is 2.35. The second-order valence-electron chi connectivity index (χ2n) is 4.98. The van der Waals surface area contributed by atoms with Crippen molar-refractivity contribution in [2.75, 3.05) is 31.4 Å². The third-order valence-corrected chi connectivity index (χ3v) is 5.27. The van der Waals surface area contributed by atoms with Crippen molar-refractivity contribution in [2.45, 2.75) is 6.92 Å². The minimum Gasteiger partial charge on any atom is -0.497 e. The number of hydrogen-bond donors (Lipinski definition) is 2. The SMILES string of the molecule is COc1ccc2c(N)c(C(=O)NCC(C)CSC)sc2c1. The molecule has 2 aromatic rings. The molecule has 1 amide bonds.